The van der Waals surface area contributed by atoms with E-state index in [1.807, 2.05) is 30.3 Å². The summed E-state index contributed by atoms with van der Waals surface area (Å²) >= 11 is 7.71. The molecule has 0 spiro atoms. The van der Waals surface area contributed by atoms with E-state index in [9.17, 15) is 13.2 Å². The molecule has 1 amide bonds. The third-order valence-corrected chi connectivity index (χ3v) is 9.65. The Morgan fingerprint density at radius 2 is 1.78 bits per heavy atom. The molecule has 1 aliphatic rings. The highest BCUT2D eigenvalue weighted by Gasteiger charge is 2.32. The Bertz CT molecular complexity index is 1510. The maximum atomic E-state index is 13.7. The number of aromatic nitrogens is 2. The van der Waals surface area contributed by atoms with Crippen molar-refractivity contribution < 1.29 is 13.2 Å². The Labute approximate surface area is 225 Å². The van der Waals surface area contributed by atoms with Crippen LogP contribution < -0.4 is 4.90 Å². The summed E-state index contributed by atoms with van der Waals surface area (Å²) in [5.41, 5.74) is 1.70. The van der Waals surface area contributed by atoms with E-state index in [0.29, 0.717) is 51.9 Å². The van der Waals surface area contributed by atoms with Gasteiger partial charge in [0.05, 0.1) is 26.9 Å². The van der Waals surface area contributed by atoms with Gasteiger partial charge in [-0.15, -0.1) is 0 Å². The number of hydrogen-bond acceptors (Lipinski definition) is 6. The van der Waals surface area contributed by atoms with Crippen LogP contribution in [-0.4, -0.2) is 41.7 Å². The van der Waals surface area contributed by atoms with E-state index >= 15 is 0 Å². The molecule has 3 heterocycles. The third-order valence-electron chi connectivity index (χ3n) is 6.46. The zero-order valence-electron chi connectivity index (χ0n) is 20.5. The Morgan fingerprint density at radius 1 is 1.05 bits per heavy atom. The van der Waals surface area contributed by atoms with Crippen LogP contribution in [0.3, 0.4) is 0 Å². The minimum absolute atomic E-state index is 0.188. The van der Waals surface area contributed by atoms with Crippen LogP contribution >= 0.6 is 22.9 Å². The SMILES string of the molecule is CC1CC(C)CN(S(=O)(=O)c2ccc(C(=O)N(Cc3ccccn3)c3nc4c(Cl)cccc4s3)cc2)C1. The minimum atomic E-state index is -3.64. The van der Waals surface area contributed by atoms with E-state index < -0.39 is 10.0 Å². The topological polar surface area (TPSA) is 83.5 Å². The van der Waals surface area contributed by atoms with Crippen LogP contribution in [0.15, 0.2) is 71.8 Å². The van der Waals surface area contributed by atoms with Gasteiger partial charge >= 0.3 is 0 Å². The van der Waals surface area contributed by atoms with Crippen LogP contribution in [0.4, 0.5) is 5.13 Å². The van der Waals surface area contributed by atoms with Gasteiger partial charge in [0, 0.05) is 24.8 Å². The standard InChI is InChI=1S/C27H27ClN4O3S2/c1-18-14-19(2)16-31(15-18)37(34,35)22-11-9-20(10-12-22)26(33)32(17-21-6-3-4-13-29-21)27-30-25-23(28)7-5-8-24(25)36-27/h3-13,18-19H,14-17H2,1-2H3. The molecule has 5 rings (SSSR count). The number of fused-ring (bicyclic) bond motifs is 1. The number of amides is 1. The number of nitrogens with zero attached hydrogens (tertiary/aromatic N) is 4. The fourth-order valence-corrected chi connectivity index (χ4v) is 7.72. The Kier molecular flexibility index (Phi) is 7.31. The summed E-state index contributed by atoms with van der Waals surface area (Å²) in [6.45, 7) is 5.37. The first-order valence-electron chi connectivity index (χ1n) is 12.1. The minimum Gasteiger partial charge on any atom is -0.278 e. The van der Waals surface area contributed by atoms with Crippen LogP contribution in [0.25, 0.3) is 10.2 Å². The van der Waals surface area contributed by atoms with Crippen molar-refractivity contribution in [3.05, 3.63) is 83.1 Å². The number of benzene rings is 2. The van der Waals surface area contributed by atoms with Gasteiger partial charge in [-0.25, -0.2) is 13.4 Å². The number of sulfonamides is 1. The quantitative estimate of drug-likeness (QED) is 0.298. The predicted octanol–water partition coefficient (Wildman–Crippen LogP) is 5.86. The number of carbonyl (C=O) groups is 1. The largest absolute Gasteiger partial charge is 0.278 e. The van der Waals surface area contributed by atoms with Crippen LogP contribution in [0.2, 0.25) is 5.02 Å². The number of pyridine rings is 1. The van der Waals surface area contributed by atoms with Gasteiger partial charge in [-0.05, 0) is 66.8 Å². The van der Waals surface area contributed by atoms with Crippen molar-refractivity contribution in [1.29, 1.82) is 0 Å². The highest BCUT2D eigenvalue weighted by Crippen LogP contribution is 2.34. The number of halogens is 1. The Balaban J connectivity index is 1.46. The van der Waals surface area contributed by atoms with E-state index in [2.05, 4.69) is 23.8 Å². The van der Waals surface area contributed by atoms with Gasteiger partial charge in [0.1, 0.15) is 5.52 Å². The molecule has 37 heavy (non-hydrogen) atoms. The first-order valence-corrected chi connectivity index (χ1v) is 14.7. The lowest BCUT2D eigenvalue weighted by molar-refractivity contribution is 0.0984. The second-order valence-corrected chi connectivity index (χ2v) is 12.9. The summed E-state index contributed by atoms with van der Waals surface area (Å²) < 4.78 is 29.0. The van der Waals surface area contributed by atoms with E-state index in [4.69, 9.17) is 11.6 Å². The van der Waals surface area contributed by atoms with Crippen molar-refractivity contribution in [2.75, 3.05) is 18.0 Å². The van der Waals surface area contributed by atoms with Gasteiger partial charge in [-0.1, -0.05) is 48.9 Å². The number of carbonyl (C=O) groups excluding carboxylic acids is 1. The second kappa shape index (κ2) is 10.5. The predicted molar refractivity (Wildman–Crippen MR) is 148 cm³/mol. The smallest absolute Gasteiger partial charge is 0.260 e. The molecule has 1 fully saturated rings. The summed E-state index contributed by atoms with van der Waals surface area (Å²) in [7, 11) is -3.64. The monoisotopic (exact) mass is 554 g/mol. The van der Waals surface area contributed by atoms with Gasteiger partial charge in [0.25, 0.3) is 5.91 Å². The fourth-order valence-electron chi connectivity index (χ4n) is 4.78. The Morgan fingerprint density at radius 3 is 2.43 bits per heavy atom. The summed E-state index contributed by atoms with van der Waals surface area (Å²) in [5, 5.41) is 1.01. The number of thiazole rings is 1. The molecule has 2 aromatic heterocycles. The second-order valence-electron chi connectivity index (χ2n) is 9.59. The van der Waals surface area contributed by atoms with E-state index in [0.717, 1.165) is 11.1 Å². The number of piperidine rings is 1. The van der Waals surface area contributed by atoms with Crippen LogP contribution in [0, 0.1) is 11.8 Å². The van der Waals surface area contributed by atoms with Crippen molar-refractivity contribution in [3.8, 4) is 0 Å². The van der Waals surface area contributed by atoms with E-state index in [1.54, 1.807) is 33.6 Å². The zero-order valence-corrected chi connectivity index (χ0v) is 22.9. The van der Waals surface area contributed by atoms with Crippen molar-refractivity contribution >= 4 is 54.2 Å². The summed E-state index contributed by atoms with van der Waals surface area (Å²) in [6.07, 6.45) is 2.69. The lowest BCUT2D eigenvalue weighted by atomic mass is 9.94. The number of para-hydroxylation sites is 1. The van der Waals surface area contributed by atoms with Gasteiger partial charge < -0.3 is 0 Å². The van der Waals surface area contributed by atoms with Gasteiger partial charge in [-0.3, -0.25) is 14.7 Å². The van der Waals surface area contributed by atoms with Crippen molar-refractivity contribution in [3.63, 3.8) is 0 Å². The number of anilines is 1. The molecule has 2 aromatic carbocycles. The first kappa shape index (κ1) is 25.8. The molecule has 0 saturated carbocycles. The molecule has 1 aliphatic heterocycles. The highest BCUT2D eigenvalue weighted by molar-refractivity contribution is 7.89. The van der Waals surface area contributed by atoms with Crippen molar-refractivity contribution in [2.45, 2.75) is 31.7 Å². The van der Waals surface area contributed by atoms with Gasteiger partial charge in [0.2, 0.25) is 10.0 Å². The number of rotatable bonds is 6. The molecule has 0 radical (unpaired) electrons. The van der Waals surface area contributed by atoms with Gasteiger partial charge in [-0.2, -0.15) is 4.31 Å². The van der Waals surface area contributed by atoms with E-state index in [-0.39, 0.29) is 17.3 Å². The first-order chi connectivity index (χ1) is 17.7. The molecule has 0 N–H and O–H groups in total. The zero-order chi connectivity index (χ0) is 26.2. The summed E-state index contributed by atoms with van der Waals surface area (Å²) in [5.74, 6) is 0.314. The van der Waals surface area contributed by atoms with Gasteiger partial charge in [0.15, 0.2) is 5.13 Å². The molecule has 7 nitrogen and oxygen atoms in total. The average Bonchev–Trinajstić information content (AvgIpc) is 3.32. The number of hydrogen-bond donors (Lipinski definition) is 0. The van der Waals surface area contributed by atoms with Crippen molar-refractivity contribution in [1.82, 2.24) is 14.3 Å². The molecule has 10 heteroatoms. The van der Waals surface area contributed by atoms with Crippen LogP contribution in [0.1, 0.15) is 36.3 Å². The molecule has 0 bridgehead atoms. The van der Waals surface area contributed by atoms with E-state index in [1.165, 1.54) is 23.5 Å². The maximum absolute atomic E-state index is 13.7. The molecule has 2 atom stereocenters. The molecule has 1 saturated heterocycles. The molecule has 192 valence electrons. The van der Waals surface area contributed by atoms with Crippen molar-refractivity contribution in [2.24, 2.45) is 11.8 Å². The molecule has 4 aromatic rings. The van der Waals surface area contributed by atoms with Crippen LogP contribution in [0.5, 0.6) is 0 Å². The Hall–Kier alpha value is -2.85. The highest BCUT2D eigenvalue weighted by atomic mass is 35.5. The average molecular weight is 555 g/mol. The summed E-state index contributed by atoms with van der Waals surface area (Å²) in [6, 6.07) is 17.2. The lowest BCUT2D eigenvalue weighted by Gasteiger charge is -2.34. The summed E-state index contributed by atoms with van der Waals surface area (Å²) in [4.78, 5) is 24.5. The molecular weight excluding hydrogens is 528 g/mol. The molecule has 0 aliphatic carbocycles. The fraction of sp³-hybridized carbons (Fsp3) is 0.296. The third kappa shape index (κ3) is 5.40. The lowest BCUT2D eigenvalue weighted by Crippen LogP contribution is -2.42. The molecule has 2 unspecified atom stereocenters. The normalized spacial score (nSPS) is 18.7. The maximum Gasteiger partial charge on any atom is 0.260 e. The van der Waals surface area contributed by atoms with Crippen LogP contribution in [-0.2, 0) is 16.6 Å². The molecular formula is C27H27ClN4O3S2.